The zero-order chi connectivity index (χ0) is 19.7. The van der Waals surface area contributed by atoms with Crippen LogP contribution in [0.3, 0.4) is 0 Å². The first-order chi connectivity index (χ1) is 13.4. The molecule has 28 heavy (non-hydrogen) atoms. The van der Waals surface area contributed by atoms with E-state index in [0.29, 0.717) is 16.9 Å². The van der Waals surface area contributed by atoms with Crippen molar-refractivity contribution in [1.82, 2.24) is 0 Å². The van der Waals surface area contributed by atoms with Crippen molar-refractivity contribution >= 4 is 38.7 Å². The number of nitrogens with zero attached hydrogens (tertiary/aromatic N) is 1. The predicted octanol–water partition coefficient (Wildman–Crippen LogP) is 3.75. The largest absolute Gasteiger partial charge is 0.345 e. The summed E-state index contributed by atoms with van der Waals surface area (Å²) in [5, 5.41) is 2.70. The van der Waals surface area contributed by atoms with Crippen molar-refractivity contribution in [3.05, 3.63) is 78.4 Å². The standard InChI is InChI=1S/C21H19N3O3S/c1-24(17-5-3-2-4-6-17)18-9-7-16(8-10-18)23-28(26,27)19-11-12-20-15(13-19)14-21(25)22-20/h2-13,23H,14H2,1H3,(H,22,25). The molecule has 0 radical (unpaired) electrons. The van der Waals surface area contributed by atoms with Crippen LogP contribution in [0.1, 0.15) is 5.56 Å². The molecule has 3 aromatic rings. The normalized spacial score (nSPS) is 13.0. The van der Waals surface area contributed by atoms with E-state index in [1.807, 2.05) is 54.4 Å². The number of fused-ring (bicyclic) bond motifs is 1. The molecule has 4 rings (SSSR count). The predicted molar refractivity (Wildman–Crippen MR) is 111 cm³/mol. The minimum Gasteiger partial charge on any atom is -0.345 e. The number of amides is 1. The molecule has 0 spiro atoms. The maximum atomic E-state index is 12.7. The number of benzene rings is 3. The van der Waals surface area contributed by atoms with Gasteiger partial charge >= 0.3 is 0 Å². The molecule has 0 saturated carbocycles. The molecule has 1 amide bonds. The number of anilines is 4. The van der Waals surface area contributed by atoms with E-state index in [4.69, 9.17) is 0 Å². The van der Waals surface area contributed by atoms with Crippen LogP contribution in [0.2, 0.25) is 0 Å². The number of rotatable bonds is 5. The van der Waals surface area contributed by atoms with Gasteiger partial charge in [0, 0.05) is 29.8 Å². The third-order valence-corrected chi connectivity index (χ3v) is 6.04. The first-order valence-electron chi connectivity index (χ1n) is 8.77. The zero-order valence-electron chi connectivity index (χ0n) is 15.2. The Balaban J connectivity index is 1.53. The lowest BCUT2D eigenvalue weighted by Gasteiger charge is -2.20. The summed E-state index contributed by atoms with van der Waals surface area (Å²) in [4.78, 5) is 13.6. The summed E-state index contributed by atoms with van der Waals surface area (Å²) in [6, 6.07) is 21.7. The highest BCUT2D eigenvalue weighted by Gasteiger charge is 2.22. The first-order valence-corrected chi connectivity index (χ1v) is 10.3. The molecule has 2 N–H and O–H groups in total. The molecule has 7 heteroatoms. The molecule has 0 aromatic heterocycles. The molecule has 1 aliphatic rings. The second kappa shape index (κ2) is 7.01. The molecule has 0 atom stereocenters. The van der Waals surface area contributed by atoms with Crippen LogP contribution in [0.4, 0.5) is 22.7 Å². The lowest BCUT2D eigenvalue weighted by atomic mass is 10.2. The van der Waals surface area contributed by atoms with E-state index < -0.39 is 10.0 Å². The van der Waals surface area contributed by atoms with Gasteiger partial charge in [-0.2, -0.15) is 0 Å². The molecule has 0 fully saturated rings. The number of nitrogens with one attached hydrogen (secondary N) is 2. The van der Waals surface area contributed by atoms with Crippen LogP contribution in [0.15, 0.2) is 77.7 Å². The summed E-state index contributed by atoms with van der Waals surface area (Å²) in [6.07, 6.45) is 0.194. The third kappa shape index (κ3) is 3.57. The number of para-hydroxylation sites is 1. The molecule has 3 aromatic carbocycles. The number of sulfonamides is 1. The Hall–Kier alpha value is -3.32. The summed E-state index contributed by atoms with van der Waals surface area (Å²) in [7, 11) is -1.79. The minimum atomic E-state index is -3.74. The van der Waals surface area contributed by atoms with E-state index in [-0.39, 0.29) is 17.2 Å². The summed E-state index contributed by atoms with van der Waals surface area (Å²) < 4.78 is 28.0. The molecule has 142 valence electrons. The van der Waals surface area contributed by atoms with Gasteiger partial charge < -0.3 is 10.2 Å². The molecule has 0 saturated heterocycles. The fraction of sp³-hybridized carbons (Fsp3) is 0.0952. The van der Waals surface area contributed by atoms with Gasteiger partial charge in [0.2, 0.25) is 5.91 Å². The van der Waals surface area contributed by atoms with Gasteiger partial charge in [-0.25, -0.2) is 8.42 Å². The lowest BCUT2D eigenvalue weighted by Crippen LogP contribution is -2.13. The summed E-state index contributed by atoms with van der Waals surface area (Å²) in [6.45, 7) is 0. The van der Waals surface area contributed by atoms with Crippen LogP contribution in [0, 0.1) is 0 Å². The Morgan fingerprint density at radius 3 is 2.32 bits per heavy atom. The van der Waals surface area contributed by atoms with Crippen LogP contribution in [0.5, 0.6) is 0 Å². The molecule has 0 aliphatic carbocycles. The fourth-order valence-corrected chi connectivity index (χ4v) is 4.25. The van der Waals surface area contributed by atoms with Gasteiger partial charge in [-0.1, -0.05) is 18.2 Å². The van der Waals surface area contributed by atoms with Crippen molar-refractivity contribution in [3.63, 3.8) is 0 Å². The average molecular weight is 393 g/mol. The second-order valence-electron chi connectivity index (χ2n) is 6.59. The first kappa shape index (κ1) is 18.1. The van der Waals surface area contributed by atoms with Gasteiger partial charge in [0.25, 0.3) is 10.0 Å². The molecule has 0 unspecified atom stereocenters. The van der Waals surface area contributed by atoms with Crippen LogP contribution in [0.25, 0.3) is 0 Å². The number of hydrogen-bond donors (Lipinski definition) is 2. The van der Waals surface area contributed by atoms with Crippen molar-refractivity contribution in [1.29, 1.82) is 0 Å². The average Bonchev–Trinajstić information content (AvgIpc) is 3.07. The zero-order valence-corrected chi connectivity index (χ0v) is 16.0. The molecule has 1 heterocycles. The molecule has 1 aliphatic heterocycles. The second-order valence-corrected chi connectivity index (χ2v) is 8.27. The highest BCUT2D eigenvalue weighted by molar-refractivity contribution is 7.92. The Labute approximate surface area is 163 Å². The maximum Gasteiger partial charge on any atom is 0.261 e. The van der Waals surface area contributed by atoms with Crippen LogP contribution < -0.4 is 14.9 Å². The van der Waals surface area contributed by atoms with Crippen molar-refractivity contribution in [2.75, 3.05) is 22.0 Å². The van der Waals surface area contributed by atoms with Crippen molar-refractivity contribution in [2.45, 2.75) is 11.3 Å². The Morgan fingerprint density at radius 2 is 1.61 bits per heavy atom. The summed E-state index contributed by atoms with van der Waals surface area (Å²) in [5.74, 6) is -0.129. The molecular formula is C21H19N3O3S. The Kier molecular flexibility index (Phi) is 4.52. The summed E-state index contributed by atoms with van der Waals surface area (Å²) >= 11 is 0. The maximum absolute atomic E-state index is 12.7. The Morgan fingerprint density at radius 1 is 0.929 bits per heavy atom. The lowest BCUT2D eigenvalue weighted by molar-refractivity contribution is -0.115. The number of carbonyl (C=O) groups is 1. The smallest absolute Gasteiger partial charge is 0.261 e. The van der Waals surface area contributed by atoms with Gasteiger partial charge in [0.15, 0.2) is 0 Å². The minimum absolute atomic E-state index is 0.129. The third-order valence-electron chi connectivity index (χ3n) is 4.66. The quantitative estimate of drug-likeness (QED) is 0.692. The monoisotopic (exact) mass is 393 g/mol. The highest BCUT2D eigenvalue weighted by Crippen LogP contribution is 2.28. The molecular weight excluding hydrogens is 374 g/mol. The van der Waals surface area contributed by atoms with Gasteiger partial charge in [-0.05, 0) is 60.2 Å². The van der Waals surface area contributed by atoms with Crippen LogP contribution >= 0.6 is 0 Å². The van der Waals surface area contributed by atoms with Crippen molar-refractivity contribution < 1.29 is 13.2 Å². The highest BCUT2D eigenvalue weighted by atomic mass is 32.2. The molecule has 0 bridgehead atoms. The van der Waals surface area contributed by atoms with Crippen molar-refractivity contribution in [2.24, 2.45) is 0 Å². The summed E-state index contributed by atoms with van der Waals surface area (Å²) in [5.41, 5.74) is 3.80. The Bertz CT molecular complexity index is 1130. The van der Waals surface area contributed by atoms with E-state index in [0.717, 1.165) is 11.4 Å². The van der Waals surface area contributed by atoms with Gasteiger partial charge in [0.1, 0.15) is 0 Å². The van der Waals surface area contributed by atoms with E-state index in [9.17, 15) is 13.2 Å². The van der Waals surface area contributed by atoms with Gasteiger partial charge in [-0.3, -0.25) is 9.52 Å². The fourth-order valence-electron chi connectivity index (χ4n) is 3.14. The van der Waals surface area contributed by atoms with Gasteiger partial charge in [-0.15, -0.1) is 0 Å². The molecule has 6 nitrogen and oxygen atoms in total. The van der Waals surface area contributed by atoms with E-state index >= 15 is 0 Å². The van der Waals surface area contributed by atoms with Gasteiger partial charge in [0.05, 0.1) is 11.3 Å². The van der Waals surface area contributed by atoms with Crippen molar-refractivity contribution in [3.8, 4) is 0 Å². The van der Waals surface area contributed by atoms with Crippen LogP contribution in [-0.2, 0) is 21.2 Å². The van der Waals surface area contributed by atoms with E-state index in [1.165, 1.54) is 12.1 Å². The number of hydrogen-bond acceptors (Lipinski definition) is 4. The van der Waals surface area contributed by atoms with E-state index in [2.05, 4.69) is 10.0 Å². The SMILES string of the molecule is CN(c1ccccc1)c1ccc(NS(=O)(=O)c2ccc3c(c2)CC(=O)N3)cc1. The van der Waals surface area contributed by atoms with E-state index in [1.54, 1.807) is 18.2 Å². The number of carbonyl (C=O) groups excluding carboxylic acids is 1. The topological polar surface area (TPSA) is 78.5 Å². The van der Waals surface area contributed by atoms with Crippen LogP contribution in [-0.4, -0.2) is 21.4 Å².